The Hall–Kier alpha value is -4.21. The molecule has 2 aliphatic rings. The van der Waals surface area contributed by atoms with Gasteiger partial charge in [-0.25, -0.2) is 14.6 Å². The lowest BCUT2D eigenvalue weighted by atomic mass is 9.85. The fourth-order valence-electron chi connectivity index (χ4n) is 6.72. The molecule has 1 aromatic carbocycles. The molecular formula is C37H47N3O7. The van der Waals surface area contributed by atoms with E-state index in [-0.39, 0.29) is 54.1 Å². The van der Waals surface area contributed by atoms with Crippen LogP contribution < -0.4 is 10.9 Å². The Bertz CT molecular complexity index is 1760. The van der Waals surface area contributed by atoms with Crippen molar-refractivity contribution in [3.8, 4) is 11.4 Å². The van der Waals surface area contributed by atoms with Gasteiger partial charge in [-0.05, 0) is 55.9 Å². The van der Waals surface area contributed by atoms with Crippen LogP contribution in [-0.2, 0) is 49.0 Å². The van der Waals surface area contributed by atoms with Gasteiger partial charge in [0.25, 0.3) is 5.56 Å². The topological polar surface area (TPSA) is 126 Å². The van der Waals surface area contributed by atoms with Crippen LogP contribution >= 0.6 is 0 Å². The molecule has 252 valence electrons. The van der Waals surface area contributed by atoms with Crippen LogP contribution in [0.1, 0.15) is 101 Å². The van der Waals surface area contributed by atoms with Crippen LogP contribution in [0, 0.1) is 18.8 Å². The highest BCUT2D eigenvalue weighted by Crippen LogP contribution is 2.42. The van der Waals surface area contributed by atoms with Gasteiger partial charge in [0.05, 0.1) is 35.1 Å². The highest BCUT2D eigenvalue weighted by molar-refractivity contribution is 5.90. The van der Waals surface area contributed by atoms with Crippen molar-refractivity contribution in [2.75, 3.05) is 6.61 Å². The number of fused-ring (bicyclic) bond motifs is 5. The first-order valence-electron chi connectivity index (χ1n) is 17.0. The number of unbranched alkanes of at least 4 members (excludes halogenated alkanes) is 2. The Morgan fingerprint density at radius 2 is 1.85 bits per heavy atom. The minimum atomic E-state index is -1.88. The van der Waals surface area contributed by atoms with Crippen LogP contribution in [0.4, 0.5) is 4.79 Å². The summed E-state index contributed by atoms with van der Waals surface area (Å²) in [6.07, 6.45) is 3.61. The van der Waals surface area contributed by atoms with E-state index in [1.54, 1.807) is 17.6 Å². The Morgan fingerprint density at radius 1 is 1.09 bits per heavy atom. The molecule has 5 rings (SSSR count). The molecule has 1 N–H and O–H groups in total. The number of cyclic esters (lactones) is 1. The minimum absolute atomic E-state index is 0.0218. The molecule has 3 unspecified atom stereocenters. The first-order chi connectivity index (χ1) is 22.4. The second kappa shape index (κ2) is 13.9. The fraction of sp³-hybridized carbons (Fsp3) is 0.541. The van der Waals surface area contributed by atoms with E-state index in [4.69, 9.17) is 19.2 Å². The number of aromatic nitrogens is 2. The zero-order chi connectivity index (χ0) is 34.0. The van der Waals surface area contributed by atoms with E-state index < -0.39 is 23.8 Å². The number of ether oxygens (including phenoxy) is 3. The molecule has 47 heavy (non-hydrogen) atoms. The Labute approximate surface area is 276 Å². The van der Waals surface area contributed by atoms with E-state index in [1.807, 2.05) is 39.8 Å². The van der Waals surface area contributed by atoms with Gasteiger partial charge < -0.3 is 24.1 Å². The summed E-state index contributed by atoms with van der Waals surface area (Å²) in [6.45, 7) is 13.7. The average Bonchev–Trinajstić information content (AvgIpc) is 3.41. The molecule has 0 fully saturated rings. The van der Waals surface area contributed by atoms with Crippen LogP contribution in [-0.4, -0.2) is 40.2 Å². The normalized spacial score (nSPS) is 17.8. The number of hydrogen-bond acceptors (Lipinski definition) is 8. The van der Waals surface area contributed by atoms with Gasteiger partial charge in [0, 0.05) is 22.4 Å². The first-order valence-corrected chi connectivity index (χ1v) is 17.0. The Kier molecular flexibility index (Phi) is 10.1. The quantitative estimate of drug-likeness (QED) is 0.137. The largest absolute Gasteiger partial charge is 0.509 e. The van der Waals surface area contributed by atoms with Gasteiger partial charge in [0.1, 0.15) is 13.2 Å². The second-order valence-corrected chi connectivity index (χ2v) is 13.3. The van der Waals surface area contributed by atoms with E-state index in [1.165, 1.54) is 0 Å². The van der Waals surface area contributed by atoms with E-state index in [9.17, 15) is 19.2 Å². The van der Waals surface area contributed by atoms with Crippen molar-refractivity contribution in [3.05, 3.63) is 62.4 Å². The summed E-state index contributed by atoms with van der Waals surface area (Å²) in [4.78, 5) is 58.5. The number of aryl methyl sites for hydroxylation is 2. The molecule has 0 spiro atoms. The van der Waals surface area contributed by atoms with Gasteiger partial charge in [0.2, 0.25) is 11.5 Å². The molecule has 2 aliphatic heterocycles. The van der Waals surface area contributed by atoms with Crippen LogP contribution in [0.3, 0.4) is 0 Å². The highest BCUT2D eigenvalue weighted by atomic mass is 16.7. The summed E-state index contributed by atoms with van der Waals surface area (Å²) in [5.41, 5.74) is 3.67. The van der Waals surface area contributed by atoms with Crippen molar-refractivity contribution in [1.29, 1.82) is 0 Å². The molecule has 0 radical (unpaired) electrons. The molecule has 0 saturated carbocycles. The van der Waals surface area contributed by atoms with E-state index >= 15 is 0 Å². The number of hydrogen-bond donors (Lipinski definition) is 1. The number of benzene rings is 1. The van der Waals surface area contributed by atoms with Crippen molar-refractivity contribution >= 4 is 28.9 Å². The SMILES string of the molecule is CCCCCC(C)C(=O)NC(COC(=O)OC1(CC)C(=O)OCc2c1cc1n(c2=O)Cc2c-1nc1ccc(C)cc1c2CC)C(C)C. The van der Waals surface area contributed by atoms with Gasteiger partial charge in [-0.2, -0.15) is 0 Å². The third kappa shape index (κ3) is 6.39. The summed E-state index contributed by atoms with van der Waals surface area (Å²) in [5.74, 6) is -1.05. The van der Waals surface area contributed by atoms with Gasteiger partial charge in [0.15, 0.2) is 0 Å². The van der Waals surface area contributed by atoms with Gasteiger partial charge in [-0.15, -0.1) is 0 Å². The standard InChI is InChI=1S/C37H47N3O7/c1-8-11-12-13-23(7)33(41)39-30(21(4)5)20-46-36(44)47-37(10-3)28-17-31-32-26(18-40(31)34(42)27(28)19-45-35(37)43)24(9-2)25-16-22(6)14-15-29(25)38-32/h14-17,21,23,30H,8-13,18-20H2,1-7H3,(H,39,41). The molecule has 0 bridgehead atoms. The number of nitrogens with zero attached hydrogens (tertiary/aromatic N) is 2. The van der Waals surface area contributed by atoms with Gasteiger partial charge in [-0.1, -0.05) is 72.4 Å². The number of pyridine rings is 2. The highest BCUT2D eigenvalue weighted by Gasteiger charge is 2.51. The molecule has 3 atom stereocenters. The summed E-state index contributed by atoms with van der Waals surface area (Å²) < 4.78 is 18.5. The fourth-order valence-corrected chi connectivity index (χ4v) is 6.72. The zero-order valence-electron chi connectivity index (χ0n) is 28.7. The summed E-state index contributed by atoms with van der Waals surface area (Å²) in [6, 6.07) is 7.42. The average molecular weight is 646 g/mol. The lowest BCUT2D eigenvalue weighted by molar-refractivity contribution is -0.175. The lowest BCUT2D eigenvalue weighted by Crippen LogP contribution is -2.48. The first kappa shape index (κ1) is 34.1. The van der Waals surface area contributed by atoms with Crippen molar-refractivity contribution in [3.63, 3.8) is 0 Å². The van der Waals surface area contributed by atoms with Gasteiger partial charge >= 0.3 is 12.1 Å². The minimum Gasteiger partial charge on any atom is -0.457 e. The molecule has 0 aliphatic carbocycles. The third-order valence-electron chi connectivity index (χ3n) is 9.74. The lowest BCUT2D eigenvalue weighted by Gasteiger charge is -2.35. The predicted octanol–water partition coefficient (Wildman–Crippen LogP) is 6.47. The summed E-state index contributed by atoms with van der Waals surface area (Å²) in [5, 5.41) is 4.07. The van der Waals surface area contributed by atoms with Crippen molar-refractivity contribution in [2.24, 2.45) is 11.8 Å². The molecule has 0 saturated heterocycles. The van der Waals surface area contributed by atoms with Crippen LogP contribution in [0.25, 0.3) is 22.3 Å². The number of esters is 1. The smallest absolute Gasteiger partial charge is 0.457 e. The van der Waals surface area contributed by atoms with Crippen molar-refractivity contribution in [1.82, 2.24) is 14.9 Å². The monoisotopic (exact) mass is 645 g/mol. The number of carbonyl (C=O) groups excluding carboxylic acids is 3. The van der Waals surface area contributed by atoms with Crippen LogP contribution in [0.15, 0.2) is 29.1 Å². The Balaban J connectivity index is 1.43. The van der Waals surface area contributed by atoms with Gasteiger partial charge in [-0.3, -0.25) is 9.59 Å². The maximum atomic E-state index is 14.0. The summed E-state index contributed by atoms with van der Waals surface area (Å²) in [7, 11) is 0. The third-order valence-corrected chi connectivity index (χ3v) is 9.74. The van der Waals surface area contributed by atoms with E-state index in [0.29, 0.717) is 17.9 Å². The van der Waals surface area contributed by atoms with Crippen LogP contribution in [0.5, 0.6) is 0 Å². The maximum absolute atomic E-state index is 14.0. The molecular weight excluding hydrogens is 598 g/mol. The molecule has 3 aromatic rings. The van der Waals surface area contributed by atoms with Crippen LogP contribution in [0.2, 0.25) is 0 Å². The predicted molar refractivity (Wildman–Crippen MR) is 179 cm³/mol. The summed E-state index contributed by atoms with van der Waals surface area (Å²) >= 11 is 0. The second-order valence-electron chi connectivity index (χ2n) is 13.3. The molecule has 2 aromatic heterocycles. The number of amides is 1. The van der Waals surface area contributed by atoms with E-state index in [0.717, 1.165) is 59.7 Å². The number of rotatable bonds is 12. The molecule has 4 heterocycles. The molecule has 10 heteroatoms. The molecule has 1 amide bonds. The van der Waals surface area contributed by atoms with Crippen molar-refractivity contribution in [2.45, 2.75) is 112 Å². The zero-order valence-corrected chi connectivity index (χ0v) is 28.7. The van der Waals surface area contributed by atoms with E-state index in [2.05, 4.69) is 25.2 Å². The number of nitrogens with one attached hydrogen (secondary N) is 1. The molecule has 10 nitrogen and oxygen atoms in total. The Morgan fingerprint density at radius 3 is 2.53 bits per heavy atom. The number of carbonyl (C=O) groups is 3. The van der Waals surface area contributed by atoms with Crippen molar-refractivity contribution < 1.29 is 28.6 Å². The maximum Gasteiger partial charge on any atom is 0.509 e.